The van der Waals surface area contributed by atoms with Crippen molar-refractivity contribution in [3.63, 3.8) is 0 Å². The molecule has 0 saturated carbocycles. The van der Waals surface area contributed by atoms with Gasteiger partial charge in [0.2, 0.25) is 5.91 Å². The number of nitrogens with two attached hydrogens (primary N) is 1. The number of nitrogen functional groups attached to an aromatic ring is 1. The third kappa shape index (κ3) is 3.99. The molecular weight excluding hydrogens is 535 g/mol. The van der Waals surface area contributed by atoms with Crippen LogP contribution in [0.4, 0.5) is 33.6 Å². The molecule has 1 amide bonds. The number of hydrogen-bond donors (Lipinski definition) is 2. The quantitative estimate of drug-likeness (QED) is 0.349. The summed E-state index contributed by atoms with van der Waals surface area (Å²) in [6, 6.07) is 5.11. The maximum absolute atomic E-state index is 13.6. The molecule has 1 atom stereocenters. The topological polar surface area (TPSA) is 124 Å². The number of carbonyl (C=O) groups is 1. The molecule has 1 aromatic carbocycles. The molecule has 3 aromatic heterocycles. The number of aromatic nitrogens is 6. The van der Waals surface area contributed by atoms with Gasteiger partial charge in [-0.15, -0.1) is 0 Å². The van der Waals surface area contributed by atoms with Gasteiger partial charge < -0.3 is 11.1 Å². The highest BCUT2D eigenvalue weighted by Gasteiger charge is 2.56. The third-order valence-corrected chi connectivity index (χ3v) is 6.93. The van der Waals surface area contributed by atoms with Gasteiger partial charge in [-0.05, 0) is 37.5 Å². The first-order chi connectivity index (χ1) is 17.7. The number of nitrogens with one attached hydrogen (secondary N) is 1. The summed E-state index contributed by atoms with van der Waals surface area (Å²) in [4.78, 5) is 29.9. The molecule has 0 bridgehead atoms. The van der Waals surface area contributed by atoms with E-state index in [0.717, 1.165) is 16.4 Å². The molecule has 0 spiro atoms. The van der Waals surface area contributed by atoms with Crippen LogP contribution < -0.4 is 11.1 Å². The van der Waals surface area contributed by atoms with E-state index in [0.29, 0.717) is 16.1 Å². The van der Waals surface area contributed by atoms with Crippen LogP contribution in [0, 0.1) is 6.92 Å². The highest BCUT2D eigenvalue weighted by atomic mass is 35.5. The van der Waals surface area contributed by atoms with Crippen molar-refractivity contribution in [2.75, 3.05) is 11.1 Å². The Morgan fingerprint density at radius 3 is 2.58 bits per heavy atom. The maximum atomic E-state index is 13.6. The molecule has 198 valence electrons. The van der Waals surface area contributed by atoms with Gasteiger partial charge in [-0.1, -0.05) is 23.7 Å². The molecule has 0 fully saturated rings. The van der Waals surface area contributed by atoms with Crippen molar-refractivity contribution >= 4 is 34.8 Å². The second kappa shape index (κ2) is 8.55. The SMILES string of the molecule is Cc1cc(C2(C)C(=O)Nc3nc(-c4cn5ncnc5c(CCC(F)(F)C(F)(F)F)n4)nc(N)c32)ccc1Cl. The monoisotopic (exact) mass is 552 g/mol. The summed E-state index contributed by atoms with van der Waals surface area (Å²) >= 11 is 6.14. The van der Waals surface area contributed by atoms with Crippen molar-refractivity contribution in [3.8, 4) is 11.5 Å². The zero-order valence-corrected chi connectivity index (χ0v) is 20.5. The van der Waals surface area contributed by atoms with Gasteiger partial charge in [0.25, 0.3) is 0 Å². The zero-order chi connectivity index (χ0) is 27.6. The van der Waals surface area contributed by atoms with E-state index in [4.69, 9.17) is 17.3 Å². The fourth-order valence-corrected chi connectivity index (χ4v) is 4.45. The zero-order valence-electron chi connectivity index (χ0n) is 19.7. The fraction of sp³-hybridized carbons (Fsp3) is 0.304. The van der Waals surface area contributed by atoms with Gasteiger partial charge in [0.15, 0.2) is 11.5 Å². The minimum Gasteiger partial charge on any atom is -0.383 e. The number of fused-ring (bicyclic) bond motifs is 2. The Balaban J connectivity index is 1.57. The van der Waals surface area contributed by atoms with E-state index in [9.17, 15) is 26.7 Å². The Kier molecular flexibility index (Phi) is 5.78. The normalized spacial score (nSPS) is 17.6. The van der Waals surface area contributed by atoms with Gasteiger partial charge in [0, 0.05) is 11.4 Å². The smallest absolute Gasteiger partial charge is 0.383 e. The molecule has 0 radical (unpaired) electrons. The predicted molar refractivity (Wildman–Crippen MR) is 127 cm³/mol. The molecule has 1 aliphatic rings. The molecule has 0 aliphatic carbocycles. The van der Waals surface area contributed by atoms with Crippen LogP contribution in [0.3, 0.4) is 0 Å². The average Bonchev–Trinajstić information content (AvgIpc) is 3.41. The maximum Gasteiger partial charge on any atom is 0.453 e. The number of hydrogen-bond acceptors (Lipinski definition) is 7. The Hall–Kier alpha value is -3.94. The minimum atomic E-state index is -5.71. The van der Waals surface area contributed by atoms with Crippen LogP contribution in [-0.4, -0.2) is 47.6 Å². The van der Waals surface area contributed by atoms with Crippen molar-refractivity contribution in [1.82, 2.24) is 29.5 Å². The summed E-state index contributed by atoms with van der Waals surface area (Å²) in [7, 11) is 0. The minimum absolute atomic E-state index is 0.000146. The third-order valence-electron chi connectivity index (χ3n) is 6.51. The van der Waals surface area contributed by atoms with Crippen molar-refractivity contribution in [3.05, 3.63) is 58.1 Å². The standard InChI is InChI=1S/C23H18ClF5N8O/c1-10-7-11(3-4-12(10)24)21(2)15-16(30)34-17(35-18(15)36-20(21)38)14-8-37-19(31-9-32-37)13(33-14)5-6-22(25,26)23(27,28)29/h3-4,7-9H,5-6H2,1-2H3,(H3,30,34,35,36,38). The number of aryl methyl sites for hydroxylation is 2. The molecular formula is C23H18ClF5N8O. The number of rotatable bonds is 5. The van der Waals surface area contributed by atoms with E-state index in [1.807, 2.05) is 0 Å². The average molecular weight is 553 g/mol. The second-order valence-corrected chi connectivity index (χ2v) is 9.41. The molecule has 3 N–H and O–H groups in total. The Bertz CT molecular complexity index is 1600. The van der Waals surface area contributed by atoms with Gasteiger partial charge >= 0.3 is 12.1 Å². The highest BCUT2D eigenvalue weighted by Crippen LogP contribution is 2.45. The lowest BCUT2D eigenvalue weighted by Gasteiger charge is -2.24. The van der Waals surface area contributed by atoms with Gasteiger partial charge in [-0.2, -0.15) is 27.1 Å². The lowest BCUT2D eigenvalue weighted by Crippen LogP contribution is -2.36. The molecule has 15 heteroatoms. The molecule has 0 saturated heterocycles. The van der Waals surface area contributed by atoms with E-state index >= 15 is 0 Å². The number of amides is 1. The van der Waals surface area contributed by atoms with Gasteiger partial charge in [0.1, 0.15) is 29.1 Å². The number of anilines is 2. The lowest BCUT2D eigenvalue weighted by atomic mass is 9.77. The number of halogens is 6. The van der Waals surface area contributed by atoms with Crippen LogP contribution in [0.25, 0.3) is 17.2 Å². The first-order valence-electron chi connectivity index (χ1n) is 11.1. The molecule has 5 rings (SSSR count). The summed E-state index contributed by atoms with van der Waals surface area (Å²) in [6.07, 6.45) is -5.58. The molecule has 9 nitrogen and oxygen atoms in total. The van der Waals surface area contributed by atoms with E-state index < -0.39 is 36.3 Å². The van der Waals surface area contributed by atoms with Gasteiger partial charge in [-0.25, -0.2) is 24.5 Å². The Morgan fingerprint density at radius 2 is 1.89 bits per heavy atom. The van der Waals surface area contributed by atoms with Crippen LogP contribution >= 0.6 is 11.6 Å². The first kappa shape index (κ1) is 25.7. The number of benzene rings is 1. The number of nitrogens with zero attached hydrogens (tertiary/aromatic N) is 6. The van der Waals surface area contributed by atoms with Gasteiger partial charge in [0.05, 0.1) is 17.5 Å². The van der Waals surface area contributed by atoms with E-state index in [1.54, 1.807) is 32.0 Å². The highest BCUT2D eigenvalue weighted by molar-refractivity contribution is 6.31. The summed E-state index contributed by atoms with van der Waals surface area (Å²) in [5, 5.41) is 7.14. The number of carbonyl (C=O) groups excluding carboxylic acids is 1. The van der Waals surface area contributed by atoms with Crippen LogP contribution in [0.1, 0.15) is 35.7 Å². The second-order valence-electron chi connectivity index (χ2n) is 9.00. The van der Waals surface area contributed by atoms with E-state index in [2.05, 4.69) is 30.4 Å². The predicted octanol–water partition coefficient (Wildman–Crippen LogP) is 4.51. The van der Waals surface area contributed by atoms with Gasteiger partial charge in [-0.3, -0.25) is 4.79 Å². The molecule has 4 aromatic rings. The molecule has 1 unspecified atom stereocenters. The largest absolute Gasteiger partial charge is 0.453 e. The van der Waals surface area contributed by atoms with Crippen LogP contribution in [0.5, 0.6) is 0 Å². The molecule has 1 aliphatic heterocycles. The first-order valence-corrected chi connectivity index (χ1v) is 11.5. The summed E-state index contributed by atoms with van der Waals surface area (Å²) in [5.41, 5.74) is 6.53. The summed E-state index contributed by atoms with van der Waals surface area (Å²) in [6.45, 7) is 3.45. The summed E-state index contributed by atoms with van der Waals surface area (Å²) in [5.74, 6) is -5.38. The molecule has 38 heavy (non-hydrogen) atoms. The van der Waals surface area contributed by atoms with Crippen molar-refractivity contribution in [2.24, 2.45) is 0 Å². The fourth-order valence-electron chi connectivity index (χ4n) is 4.34. The van der Waals surface area contributed by atoms with Crippen molar-refractivity contribution < 1.29 is 26.7 Å². The van der Waals surface area contributed by atoms with Crippen LogP contribution in [-0.2, 0) is 16.6 Å². The Labute approximate surface area is 216 Å². The van der Waals surface area contributed by atoms with Crippen molar-refractivity contribution in [2.45, 2.75) is 44.2 Å². The van der Waals surface area contributed by atoms with Crippen molar-refractivity contribution in [1.29, 1.82) is 0 Å². The van der Waals surface area contributed by atoms with E-state index in [-0.39, 0.29) is 34.5 Å². The van der Waals surface area contributed by atoms with E-state index in [1.165, 1.54) is 6.20 Å². The lowest BCUT2D eigenvalue weighted by molar-refractivity contribution is -0.284. The molecule has 4 heterocycles. The number of alkyl halides is 5. The van der Waals surface area contributed by atoms with Crippen LogP contribution in [0.2, 0.25) is 5.02 Å². The Morgan fingerprint density at radius 1 is 1.16 bits per heavy atom. The van der Waals surface area contributed by atoms with Crippen LogP contribution in [0.15, 0.2) is 30.7 Å². The summed E-state index contributed by atoms with van der Waals surface area (Å²) < 4.78 is 66.4.